The van der Waals surface area contributed by atoms with Crippen LogP contribution in [0, 0.1) is 6.92 Å². The zero-order valence-corrected chi connectivity index (χ0v) is 12.8. The van der Waals surface area contributed by atoms with Gasteiger partial charge in [0.2, 0.25) is 0 Å². The van der Waals surface area contributed by atoms with Gasteiger partial charge in [0.15, 0.2) is 0 Å². The second-order valence-corrected chi connectivity index (χ2v) is 6.13. The van der Waals surface area contributed by atoms with Crippen LogP contribution in [0.2, 0.25) is 0 Å². The molecule has 1 N–H and O–H groups in total. The second-order valence-electron chi connectivity index (χ2n) is 4.92. The molecule has 2 rings (SSSR count). The fraction of sp³-hybridized carbons (Fsp3) is 0.438. The molecular formula is C16H21NO2S. The van der Waals surface area contributed by atoms with E-state index in [2.05, 4.69) is 16.8 Å². The van der Waals surface area contributed by atoms with E-state index in [4.69, 9.17) is 4.74 Å². The Hall–Kier alpha value is -1.26. The lowest BCUT2D eigenvalue weighted by Crippen LogP contribution is -2.31. The topological polar surface area (TPSA) is 38.3 Å². The van der Waals surface area contributed by atoms with E-state index in [0.29, 0.717) is 5.25 Å². The first kappa shape index (κ1) is 15.1. The summed E-state index contributed by atoms with van der Waals surface area (Å²) in [6, 6.07) is 7.56. The van der Waals surface area contributed by atoms with Gasteiger partial charge in [-0.15, -0.1) is 11.8 Å². The third-order valence-electron chi connectivity index (χ3n) is 3.52. The van der Waals surface area contributed by atoms with Gasteiger partial charge in [-0.25, -0.2) is 4.79 Å². The zero-order chi connectivity index (χ0) is 14.4. The number of aryl methyl sites for hydroxylation is 1. The molecule has 0 saturated carbocycles. The highest BCUT2D eigenvalue weighted by Gasteiger charge is 2.22. The summed E-state index contributed by atoms with van der Waals surface area (Å²) in [5, 5.41) is 6.13. The standard InChI is InChI=1S/C16H21NO2S/c1-12-6-3-4-8-14(12)15(16(18)19-2)17-10-9-13-7-5-11-20-13/h3-6,8,11,13,15,17H,7,9-10H2,1-2H3. The number of hydrogen-bond donors (Lipinski definition) is 1. The van der Waals surface area contributed by atoms with E-state index in [1.807, 2.05) is 43.0 Å². The van der Waals surface area contributed by atoms with E-state index in [1.165, 1.54) is 7.11 Å². The van der Waals surface area contributed by atoms with Crippen molar-refractivity contribution in [3.8, 4) is 0 Å². The molecule has 1 aromatic carbocycles. The van der Waals surface area contributed by atoms with E-state index in [-0.39, 0.29) is 12.0 Å². The van der Waals surface area contributed by atoms with Crippen molar-refractivity contribution in [2.75, 3.05) is 13.7 Å². The Balaban J connectivity index is 1.97. The van der Waals surface area contributed by atoms with E-state index >= 15 is 0 Å². The molecule has 0 radical (unpaired) electrons. The smallest absolute Gasteiger partial charge is 0.327 e. The lowest BCUT2D eigenvalue weighted by molar-refractivity contribution is -0.143. The molecule has 0 aliphatic carbocycles. The highest BCUT2D eigenvalue weighted by Crippen LogP contribution is 2.26. The van der Waals surface area contributed by atoms with Gasteiger partial charge in [-0.2, -0.15) is 0 Å². The van der Waals surface area contributed by atoms with E-state index < -0.39 is 0 Å². The Bertz CT molecular complexity index is 479. The van der Waals surface area contributed by atoms with Crippen molar-refractivity contribution in [3.05, 3.63) is 46.9 Å². The highest BCUT2D eigenvalue weighted by atomic mass is 32.2. The third kappa shape index (κ3) is 3.87. The molecule has 0 amide bonds. The van der Waals surface area contributed by atoms with Gasteiger partial charge < -0.3 is 10.1 Å². The van der Waals surface area contributed by atoms with E-state index in [0.717, 1.165) is 30.5 Å². The second kappa shape index (κ2) is 7.50. The summed E-state index contributed by atoms with van der Waals surface area (Å²) in [4.78, 5) is 12.0. The summed E-state index contributed by atoms with van der Waals surface area (Å²) < 4.78 is 4.93. The van der Waals surface area contributed by atoms with Crippen LogP contribution in [0.1, 0.15) is 30.0 Å². The third-order valence-corrected chi connectivity index (χ3v) is 4.68. The number of rotatable bonds is 6. The largest absolute Gasteiger partial charge is 0.468 e. The Morgan fingerprint density at radius 3 is 2.95 bits per heavy atom. The van der Waals surface area contributed by atoms with Gasteiger partial charge >= 0.3 is 5.97 Å². The quantitative estimate of drug-likeness (QED) is 0.817. The first-order valence-electron chi connectivity index (χ1n) is 6.89. The maximum Gasteiger partial charge on any atom is 0.327 e. The zero-order valence-electron chi connectivity index (χ0n) is 12.0. The average Bonchev–Trinajstić information content (AvgIpc) is 2.97. The molecule has 1 aromatic rings. The minimum absolute atomic E-state index is 0.225. The number of carbonyl (C=O) groups excluding carboxylic acids is 1. The normalized spacial score (nSPS) is 19.0. The van der Waals surface area contributed by atoms with Crippen molar-refractivity contribution in [2.45, 2.75) is 31.1 Å². The van der Waals surface area contributed by atoms with Crippen LogP contribution in [0.4, 0.5) is 0 Å². The number of benzene rings is 1. The van der Waals surface area contributed by atoms with Crippen LogP contribution >= 0.6 is 11.8 Å². The van der Waals surface area contributed by atoms with Crippen LogP contribution in [0.5, 0.6) is 0 Å². The number of carbonyl (C=O) groups is 1. The predicted octanol–water partition coefficient (Wildman–Crippen LogP) is 3.21. The van der Waals surface area contributed by atoms with Crippen molar-refractivity contribution in [1.82, 2.24) is 5.32 Å². The highest BCUT2D eigenvalue weighted by molar-refractivity contribution is 8.03. The first-order valence-corrected chi connectivity index (χ1v) is 7.84. The minimum atomic E-state index is -0.374. The van der Waals surface area contributed by atoms with Crippen molar-refractivity contribution in [1.29, 1.82) is 0 Å². The molecule has 1 aliphatic heterocycles. The van der Waals surface area contributed by atoms with Crippen molar-refractivity contribution >= 4 is 17.7 Å². The molecule has 2 unspecified atom stereocenters. The van der Waals surface area contributed by atoms with Crippen LogP contribution < -0.4 is 5.32 Å². The number of thioether (sulfide) groups is 1. The van der Waals surface area contributed by atoms with E-state index in [1.54, 1.807) is 0 Å². The lowest BCUT2D eigenvalue weighted by Gasteiger charge is -2.19. The molecule has 0 aromatic heterocycles. The molecule has 108 valence electrons. The summed E-state index contributed by atoms with van der Waals surface area (Å²) in [6.45, 7) is 2.83. The Labute approximate surface area is 124 Å². The number of esters is 1. The fourth-order valence-electron chi connectivity index (χ4n) is 2.35. The molecule has 2 atom stereocenters. The maximum absolute atomic E-state index is 12.0. The molecule has 1 heterocycles. The molecule has 0 saturated heterocycles. The summed E-state index contributed by atoms with van der Waals surface area (Å²) in [6.07, 6.45) is 4.38. The summed E-state index contributed by atoms with van der Waals surface area (Å²) in [7, 11) is 1.44. The predicted molar refractivity (Wildman–Crippen MR) is 83.7 cm³/mol. The number of allylic oxidation sites excluding steroid dienone is 1. The maximum atomic E-state index is 12.0. The monoisotopic (exact) mass is 291 g/mol. The van der Waals surface area contributed by atoms with Crippen molar-refractivity contribution in [3.63, 3.8) is 0 Å². The number of nitrogens with one attached hydrogen (secondary N) is 1. The molecule has 0 spiro atoms. The molecule has 20 heavy (non-hydrogen) atoms. The summed E-state index contributed by atoms with van der Waals surface area (Å²) >= 11 is 1.87. The Kier molecular flexibility index (Phi) is 5.68. The molecule has 0 bridgehead atoms. The van der Waals surface area contributed by atoms with Gasteiger partial charge in [0.25, 0.3) is 0 Å². The van der Waals surface area contributed by atoms with Crippen LogP contribution in [-0.2, 0) is 9.53 Å². The SMILES string of the molecule is COC(=O)C(NCCC1CC=CS1)c1ccccc1C. The van der Waals surface area contributed by atoms with Crippen molar-refractivity contribution in [2.24, 2.45) is 0 Å². The number of methoxy groups -OCH3 is 1. The van der Waals surface area contributed by atoms with E-state index in [9.17, 15) is 4.79 Å². The Morgan fingerprint density at radius 1 is 1.50 bits per heavy atom. The number of ether oxygens (including phenoxy) is 1. The Morgan fingerprint density at radius 2 is 2.30 bits per heavy atom. The van der Waals surface area contributed by atoms with Gasteiger partial charge in [0.1, 0.15) is 6.04 Å². The first-order chi connectivity index (χ1) is 9.72. The number of hydrogen-bond acceptors (Lipinski definition) is 4. The van der Waals surface area contributed by atoms with Crippen LogP contribution in [-0.4, -0.2) is 24.9 Å². The molecule has 4 heteroatoms. The van der Waals surface area contributed by atoms with Crippen LogP contribution in [0.15, 0.2) is 35.7 Å². The van der Waals surface area contributed by atoms with Gasteiger partial charge in [-0.1, -0.05) is 30.3 Å². The average molecular weight is 291 g/mol. The van der Waals surface area contributed by atoms with Gasteiger partial charge in [-0.05, 0) is 42.8 Å². The molecule has 3 nitrogen and oxygen atoms in total. The van der Waals surface area contributed by atoms with Crippen LogP contribution in [0.3, 0.4) is 0 Å². The lowest BCUT2D eigenvalue weighted by atomic mass is 10.0. The fourth-order valence-corrected chi connectivity index (χ4v) is 3.27. The molecular weight excluding hydrogens is 270 g/mol. The minimum Gasteiger partial charge on any atom is -0.468 e. The molecule has 1 aliphatic rings. The van der Waals surface area contributed by atoms with Gasteiger partial charge in [0, 0.05) is 5.25 Å². The van der Waals surface area contributed by atoms with Crippen LogP contribution in [0.25, 0.3) is 0 Å². The van der Waals surface area contributed by atoms with Crippen molar-refractivity contribution < 1.29 is 9.53 Å². The summed E-state index contributed by atoms with van der Waals surface area (Å²) in [5.41, 5.74) is 2.10. The summed E-state index contributed by atoms with van der Waals surface area (Å²) in [5.74, 6) is -0.225. The van der Waals surface area contributed by atoms with Gasteiger partial charge in [0.05, 0.1) is 7.11 Å². The molecule has 0 fully saturated rings. The van der Waals surface area contributed by atoms with Gasteiger partial charge in [-0.3, -0.25) is 0 Å².